The predicted molar refractivity (Wildman–Crippen MR) is 79.0 cm³/mol. The highest BCUT2D eigenvalue weighted by Crippen LogP contribution is 2.22. The minimum Gasteiger partial charge on any atom is -0.393 e. The summed E-state index contributed by atoms with van der Waals surface area (Å²) in [5, 5.41) is 12.2. The molecule has 1 aromatic rings. The summed E-state index contributed by atoms with van der Waals surface area (Å²) in [6.45, 7) is 1.63. The van der Waals surface area contributed by atoms with Crippen molar-refractivity contribution in [2.24, 2.45) is 0 Å². The lowest BCUT2D eigenvalue weighted by Crippen LogP contribution is -2.22. The molecule has 0 saturated carbocycles. The van der Waals surface area contributed by atoms with Crippen LogP contribution in [0, 0.1) is 0 Å². The second-order valence-electron chi connectivity index (χ2n) is 4.83. The summed E-state index contributed by atoms with van der Waals surface area (Å²) in [6, 6.07) is 4.75. The number of amides is 2. The second kappa shape index (κ2) is 7.26. The zero-order chi connectivity index (χ0) is 15.3. The van der Waals surface area contributed by atoms with Crippen molar-refractivity contribution in [3.8, 4) is 0 Å². The Bertz CT molecular complexity index is 501. The zero-order valence-electron chi connectivity index (χ0n) is 11.8. The van der Waals surface area contributed by atoms with Crippen molar-refractivity contribution >= 4 is 29.1 Å². The number of nitrogens with zero attached hydrogens (tertiary/aromatic N) is 1. The highest BCUT2D eigenvalue weighted by atomic mass is 35.5. The van der Waals surface area contributed by atoms with Gasteiger partial charge in [-0.2, -0.15) is 0 Å². The van der Waals surface area contributed by atoms with Crippen LogP contribution in [0.3, 0.4) is 0 Å². The van der Waals surface area contributed by atoms with Crippen LogP contribution in [0.2, 0.25) is 5.02 Å². The van der Waals surface area contributed by atoms with Crippen molar-refractivity contribution in [2.45, 2.75) is 25.9 Å². The van der Waals surface area contributed by atoms with E-state index in [0.717, 1.165) is 0 Å². The van der Waals surface area contributed by atoms with E-state index in [2.05, 4.69) is 5.32 Å². The van der Waals surface area contributed by atoms with Gasteiger partial charge in [0.15, 0.2) is 0 Å². The largest absolute Gasteiger partial charge is 0.393 e. The Hall–Kier alpha value is -1.59. The third-order valence-corrected chi connectivity index (χ3v) is 3.01. The van der Waals surface area contributed by atoms with E-state index < -0.39 is 6.10 Å². The molecule has 0 bridgehead atoms. The van der Waals surface area contributed by atoms with E-state index in [1.807, 2.05) is 0 Å². The summed E-state index contributed by atoms with van der Waals surface area (Å²) in [7, 11) is 3.26. The van der Waals surface area contributed by atoms with Gasteiger partial charge in [0.2, 0.25) is 5.91 Å². The van der Waals surface area contributed by atoms with Gasteiger partial charge < -0.3 is 15.3 Å². The molecule has 0 aliphatic carbocycles. The number of carbonyl (C=O) groups excluding carboxylic acids is 2. The van der Waals surface area contributed by atoms with Gasteiger partial charge in [-0.1, -0.05) is 11.6 Å². The van der Waals surface area contributed by atoms with Crippen molar-refractivity contribution < 1.29 is 14.7 Å². The van der Waals surface area contributed by atoms with Gasteiger partial charge >= 0.3 is 0 Å². The first-order chi connectivity index (χ1) is 9.31. The van der Waals surface area contributed by atoms with E-state index in [0.29, 0.717) is 22.7 Å². The predicted octanol–water partition coefficient (Wildman–Crippen LogP) is 2.14. The summed E-state index contributed by atoms with van der Waals surface area (Å²) < 4.78 is 0. The Morgan fingerprint density at radius 3 is 2.60 bits per heavy atom. The molecule has 110 valence electrons. The Morgan fingerprint density at radius 1 is 1.40 bits per heavy atom. The normalized spacial score (nSPS) is 11.8. The molecule has 0 aliphatic heterocycles. The molecule has 1 atom stereocenters. The quantitative estimate of drug-likeness (QED) is 0.875. The standard InChI is InChI=1S/C14H19ClN2O3/c1-9(18)4-7-13(19)16-10-5-6-12(15)11(8-10)14(20)17(2)3/h5-6,8-9,18H,4,7H2,1-3H3,(H,16,19). The Balaban J connectivity index is 2.80. The van der Waals surface area contributed by atoms with Crippen LogP contribution in [0.5, 0.6) is 0 Å². The van der Waals surface area contributed by atoms with Crippen LogP contribution in [-0.4, -0.2) is 42.0 Å². The van der Waals surface area contributed by atoms with E-state index in [1.54, 1.807) is 39.2 Å². The number of halogens is 1. The first-order valence-corrected chi connectivity index (χ1v) is 6.68. The molecular formula is C14H19ClN2O3. The molecule has 0 fully saturated rings. The maximum atomic E-state index is 11.9. The van der Waals surface area contributed by atoms with Gasteiger partial charge in [-0.25, -0.2) is 0 Å². The lowest BCUT2D eigenvalue weighted by molar-refractivity contribution is -0.116. The number of rotatable bonds is 5. The number of hydrogen-bond acceptors (Lipinski definition) is 3. The van der Waals surface area contributed by atoms with Crippen molar-refractivity contribution in [1.29, 1.82) is 0 Å². The fraction of sp³-hybridized carbons (Fsp3) is 0.429. The third-order valence-electron chi connectivity index (χ3n) is 2.68. The summed E-state index contributed by atoms with van der Waals surface area (Å²) in [5.74, 6) is -0.438. The van der Waals surface area contributed by atoms with Crippen LogP contribution in [0.1, 0.15) is 30.1 Å². The SMILES string of the molecule is CC(O)CCC(=O)Nc1ccc(Cl)c(C(=O)N(C)C)c1. The monoisotopic (exact) mass is 298 g/mol. The minimum atomic E-state index is -0.517. The topological polar surface area (TPSA) is 69.6 Å². The molecule has 5 nitrogen and oxygen atoms in total. The lowest BCUT2D eigenvalue weighted by Gasteiger charge is -2.13. The van der Waals surface area contributed by atoms with Crippen LogP contribution in [0.25, 0.3) is 0 Å². The maximum Gasteiger partial charge on any atom is 0.254 e. The lowest BCUT2D eigenvalue weighted by atomic mass is 10.1. The van der Waals surface area contributed by atoms with Crippen LogP contribution >= 0.6 is 11.6 Å². The number of aliphatic hydroxyl groups is 1. The van der Waals surface area contributed by atoms with Crippen molar-refractivity contribution in [3.63, 3.8) is 0 Å². The third kappa shape index (κ3) is 4.83. The van der Waals surface area contributed by atoms with E-state index in [-0.39, 0.29) is 18.2 Å². The van der Waals surface area contributed by atoms with Gasteiger partial charge in [-0.15, -0.1) is 0 Å². The summed E-state index contributed by atoms with van der Waals surface area (Å²) in [5.41, 5.74) is 0.847. The van der Waals surface area contributed by atoms with Gasteiger partial charge in [-0.05, 0) is 31.5 Å². The Labute approximate surface area is 123 Å². The van der Waals surface area contributed by atoms with Gasteiger partial charge in [0, 0.05) is 26.2 Å². The molecule has 0 saturated heterocycles. The van der Waals surface area contributed by atoms with Gasteiger partial charge in [0.1, 0.15) is 0 Å². The summed E-state index contributed by atoms with van der Waals surface area (Å²) >= 11 is 5.98. The highest BCUT2D eigenvalue weighted by Gasteiger charge is 2.14. The number of nitrogens with one attached hydrogen (secondary N) is 1. The molecule has 1 aromatic carbocycles. The summed E-state index contributed by atoms with van der Waals surface area (Å²) in [6.07, 6.45) is 0.0945. The van der Waals surface area contributed by atoms with Gasteiger partial charge in [0.05, 0.1) is 16.7 Å². The first kappa shape index (κ1) is 16.5. The maximum absolute atomic E-state index is 11.9. The number of aliphatic hydroxyl groups excluding tert-OH is 1. The van der Waals surface area contributed by atoms with E-state index in [9.17, 15) is 9.59 Å². The Morgan fingerprint density at radius 2 is 2.05 bits per heavy atom. The number of hydrogen-bond donors (Lipinski definition) is 2. The first-order valence-electron chi connectivity index (χ1n) is 6.30. The molecule has 0 radical (unpaired) electrons. The fourth-order valence-electron chi connectivity index (χ4n) is 1.57. The smallest absolute Gasteiger partial charge is 0.254 e. The molecule has 2 N–H and O–H groups in total. The van der Waals surface area contributed by atoms with Crippen molar-refractivity contribution in [1.82, 2.24) is 4.90 Å². The fourth-order valence-corrected chi connectivity index (χ4v) is 1.77. The molecule has 0 spiro atoms. The van der Waals surface area contributed by atoms with E-state index >= 15 is 0 Å². The average molecular weight is 299 g/mol. The molecule has 20 heavy (non-hydrogen) atoms. The van der Waals surface area contributed by atoms with Gasteiger partial charge in [-0.3, -0.25) is 9.59 Å². The minimum absolute atomic E-state index is 0.212. The Kier molecular flexibility index (Phi) is 5.98. The van der Waals surface area contributed by atoms with E-state index in [4.69, 9.17) is 16.7 Å². The molecule has 0 aliphatic rings. The number of anilines is 1. The van der Waals surface area contributed by atoms with Crippen LogP contribution in [0.15, 0.2) is 18.2 Å². The molecule has 2 amide bonds. The van der Waals surface area contributed by atoms with Crippen molar-refractivity contribution in [2.75, 3.05) is 19.4 Å². The number of benzene rings is 1. The van der Waals surface area contributed by atoms with Gasteiger partial charge in [0.25, 0.3) is 5.91 Å². The second-order valence-corrected chi connectivity index (χ2v) is 5.24. The molecule has 1 rings (SSSR count). The molecule has 1 unspecified atom stereocenters. The zero-order valence-corrected chi connectivity index (χ0v) is 12.6. The highest BCUT2D eigenvalue weighted by molar-refractivity contribution is 6.34. The van der Waals surface area contributed by atoms with E-state index in [1.165, 1.54) is 4.90 Å². The summed E-state index contributed by atoms with van der Waals surface area (Å²) in [4.78, 5) is 25.0. The number of carbonyl (C=O) groups is 2. The van der Waals surface area contributed by atoms with Crippen LogP contribution < -0.4 is 5.32 Å². The molecule has 0 heterocycles. The molecule has 6 heteroatoms. The van der Waals surface area contributed by atoms with Crippen LogP contribution in [0.4, 0.5) is 5.69 Å². The molecule has 0 aromatic heterocycles. The van der Waals surface area contributed by atoms with Crippen molar-refractivity contribution in [3.05, 3.63) is 28.8 Å². The molecular weight excluding hydrogens is 280 g/mol. The average Bonchev–Trinajstić information content (AvgIpc) is 2.37. The van der Waals surface area contributed by atoms with Crippen LogP contribution in [-0.2, 0) is 4.79 Å².